The summed E-state index contributed by atoms with van der Waals surface area (Å²) in [5.41, 5.74) is 8.58. The molecule has 2 aromatic carbocycles. The standard InChI is InChI=1S/C26H30BCl/c1-5-17(3)23-15-25(21-13-9-7-11-19(21)23)27(28)26-16-24(18(4)6-2)20-12-8-10-14-22(20)26/h7-18,25-26H,5-6H2,1-4H3. The lowest BCUT2D eigenvalue weighted by molar-refractivity contribution is 0.718. The molecule has 0 radical (unpaired) electrons. The summed E-state index contributed by atoms with van der Waals surface area (Å²) in [6.07, 6.45) is 7.28. The SMILES string of the molecule is CCC(C)C1=CC(B(Cl)C2C=C(C(C)CC)c3ccccc32)c2ccccc21. The van der Waals surface area contributed by atoms with Gasteiger partial charge in [0, 0.05) is 0 Å². The van der Waals surface area contributed by atoms with Crippen molar-refractivity contribution in [2.24, 2.45) is 11.8 Å². The Kier molecular flexibility index (Phi) is 5.56. The highest BCUT2D eigenvalue weighted by atomic mass is 35.5. The average molecular weight is 389 g/mol. The van der Waals surface area contributed by atoms with E-state index in [2.05, 4.69) is 88.4 Å². The first-order valence-electron chi connectivity index (χ1n) is 10.8. The first-order chi connectivity index (χ1) is 13.6. The van der Waals surface area contributed by atoms with Gasteiger partial charge in [-0.1, -0.05) is 88.4 Å². The quantitative estimate of drug-likeness (QED) is 0.444. The summed E-state index contributed by atoms with van der Waals surface area (Å²) in [5.74, 6) is 1.68. The van der Waals surface area contributed by atoms with E-state index in [1.54, 1.807) is 0 Å². The number of hydrogen-bond donors (Lipinski definition) is 0. The van der Waals surface area contributed by atoms with Gasteiger partial charge in [-0.05, 0) is 69.7 Å². The van der Waals surface area contributed by atoms with Crippen LogP contribution in [-0.4, -0.2) is 6.13 Å². The Labute approximate surface area is 175 Å². The van der Waals surface area contributed by atoms with Gasteiger partial charge in [0.1, 0.15) is 0 Å². The summed E-state index contributed by atoms with van der Waals surface area (Å²) in [4.78, 5) is 0. The molecule has 0 amide bonds. The Hall–Kier alpha value is -1.73. The number of benzene rings is 2. The highest BCUT2D eigenvalue weighted by Crippen LogP contribution is 2.49. The predicted octanol–water partition coefficient (Wildman–Crippen LogP) is 7.75. The lowest BCUT2D eigenvalue weighted by atomic mass is 9.50. The van der Waals surface area contributed by atoms with Gasteiger partial charge in [-0.3, -0.25) is 0 Å². The summed E-state index contributed by atoms with van der Waals surface area (Å²) in [5, 5.41) is 0. The molecule has 0 saturated heterocycles. The van der Waals surface area contributed by atoms with Crippen molar-refractivity contribution < 1.29 is 0 Å². The first kappa shape index (κ1) is 19.6. The Morgan fingerprint density at radius 3 is 1.54 bits per heavy atom. The monoisotopic (exact) mass is 388 g/mol. The molecule has 2 aromatic rings. The van der Waals surface area contributed by atoms with E-state index in [1.165, 1.54) is 33.4 Å². The third kappa shape index (κ3) is 3.18. The summed E-state index contributed by atoms with van der Waals surface area (Å²) in [7, 11) is 0. The molecule has 0 aromatic heterocycles. The number of fused-ring (bicyclic) bond motifs is 2. The molecule has 2 aliphatic rings. The van der Waals surface area contributed by atoms with Crippen molar-refractivity contribution in [1.29, 1.82) is 0 Å². The fourth-order valence-electron chi connectivity index (χ4n) is 4.90. The maximum atomic E-state index is 7.29. The third-order valence-electron chi connectivity index (χ3n) is 6.95. The fourth-order valence-corrected chi connectivity index (χ4v) is 5.31. The molecule has 144 valence electrons. The van der Waals surface area contributed by atoms with Crippen LogP contribution in [0.2, 0.25) is 0 Å². The third-order valence-corrected chi connectivity index (χ3v) is 7.50. The zero-order valence-electron chi connectivity index (χ0n) is 17.5. The topological polar surface area (TPSA) is 0 Å². The highest BCUT2D eigenvalue weighted by molar-refractivity contribution is 7.09. The van der Waals surface area contributed by atoms with Crippen molar-refractivity contribution in [3.8, 4) is 0 Å². The average Bonchev–Trinajstić information content (AvgIpc) is 3.31. The van der Waals surface area contributed by atoms with Crippen molar-refractivity contribution >= 4 is 28.7 Å². The second-order valence-corrected chi connectivity index (χ2v) is 9.04. The normalized spacial score (nSPS) is 22.2. The summed E-state index contributed by atoms with van der Waals surface area (Å²) < 4.78 is 0. The molecule has 4 atom stereocenters. The van der Waals surface area contributed by atoms with Crippen LogP contribution in [0.1, 0.15) is 74.4 Å². The van der Waals surface area contributed by atoms with Crippen LogP contribution in [0.3, 0.4) is 0 Å². The van der Waals surface area contributed by atoms with Crippen molar-refractivity contribution in [2.75, 3.05) is 0 Å². The van der Waals surface area contributed by atoms with Crippen LogP contribution in [0.4, 0.5) is 0 Å². The molecule has 0 heterocycles. The molecule has 2 aliphatic carbocycles. The smallest absolute Gasteiger partial charge is 0.194 e. The van der Waals surface area contributed by atoms with Crippen molar-refractivity contribution in [3.05, 3.63) is 82.9 Å². The van der Waals surface area contributed by atoms with Gasteiger partial charge in [0.15, 0.2) is 0 Å². The van der Waals surface area contributed by atoms with Crippen LogP contribution in [-0.2, 0) is 0 Å². The van der Waals surface area contributed by atoms with E-state index in [1.807, 2.05) is 0 Å². The lowest BCUT2D eigenvalue weighted by Gasteiger charge is -2.20. The van der Waals surface area contributed by atoms with Crippen LogP contribution in [0.15, 0.2) is 60.7 Å². The highest BCUT2D eigenvalue weighted by Gasteiger charge is 2.40. The molecular formula is C26H30BCl. The molecule has 28 heavy (non-hydrogen) atoms. The lowest BCUT2D eigenvalue weighted by Crippen LogP contribution is -2.22. The molecular weight excluding hydrogens is 359 g/mol. The van der Waals surface area contributed by atoms with Gasteiger partial charge < -0.3 is 0 Å². The summed E-state index contributed by atoms with van der Waals surface area (Å²) in [6, 6.07) is 17.7. The molecule has 0 saturated carbocycles. The van der Waals surface area contributed by atoms with Gasteiger partial charge >= 0.3 is 0 Å². The molecule has 0 spiro atoms. The molecule has 0 aliphatic heterocycles. The Morgan fingerprint density at radius 1 is 0.750 bits per heavy atom. The zero-order chi connectivity index (χ0) is 19.8. The summed E-state index contributed by atoms with van der Waals surface area (Å²) >= 11 is 7.29. The molecule has 4 rings (SSSR count). The maximum Gasteiger partial charge on any atom is 0.273 e. The second kappa shape index (κ2) is 7.95. The van der Waals surface area contributed by atoms with E-state index in [-0.39, 0.29) is 17.8 Å². The fraction of sp³-hybridized carbons (Fsp3) is 0.385. The number of rotatable bonds is 6. The van der Waals surface area contributed by atoms with Gasteiger partial charge in [0.05, 0.1) is 0 Å². The second-order valence-electron chi connectivity index (χ2n) is 8.53. The van der Waals surface area contributed by atoms with E-state index in [0.717, 1.165) is 12.8 Å². The largest absolute Gasteiger partial charge is 0.273 e. The van der Waals surface area contributed by atoms with Crippen molar-refractivity contribution in [1.82, 2.24) is 0 Å². The van der Waals surface area contributed by atoms with Crippen molar-refractivity contribution in [3.63, 3.8) is 0 Å². The molecule has 0 bridgehead atoms. The predicted molar refractivity (Wildman–Crippen MR) is 125 cm³/mol. The zero-order valence-corrected chi connectivity index (χ0v) is 18.2. The maximum absolute atomic E-state index is 7.29. The number of halogens is 1. The molecule has 0 fully saturated rings. The minimum absolute atomic E-state index is 0.0328. The molecule has 4 unspecified atom stereocenters. The number of hydrogen-bond acceptors (Lipinski definition) is 0. The minimum Gasteiger partial charge on any atom is -0.194 e. The van der Waals surface area contributed by atoms with Crippen LogP contribution in [0, 0.1) is 11.8 Å². The first-order valence-corrected chi connectivity index (χ1v) is 11.3. The van der Waals surface area contributed by atoms with Gasteiger partial charge in [0.2, 0.25) is 0 Å². The van der Waals surface area contributed by atoms with Crippen LogP contribution < -0.4 is 0 Å². The van der Waals surface area contributed by atoms with Crippen LogP contribution >= 0.6 is 11.5 Å². The molecule has 0 nitrogen and oxygen atoms in total. The Morgan fingerprint density at radius 2 is 1.14 bits per heavy atom. The molecule has 0 N–H and O–H groups in total. The molecule has 2 heteroatoms. The Bertz CT molecular complexity index is 850. The van der Waals surface area contributed by atoms with Crippen molar-refractivity contribution in [2.45, 2.75) is 52.2 Å². The van der Waals surface area contributed by atoms with E-state index >= 15 is 0 Å². The minimum atomic E-state index is 0.0328. The van der Waals surface area contributed by atoms with Gasteiger partial charge in [-0.2, -0.15) is 11.5 Å². The van der Waals surface area contributed by atoms with E-state index in [0.29, 0.717) is 11.8 Å². The van der Waals surface area contributed by atoms with Crippen LogP contribution in [0.25, 0.3) is 11.1 Å². The number of allylic oxidation sites excluding steroid dienone is 4. The van der Waals surface area contributed by atoms with Gasteiger partial charge in [-0.15, -0.1) is 0 Å². The van der Waals surface area contributed by atoms with Crippen LogP contribution in [0.5, 0.6) is 0 Å². The van der Waals surface area contributed by atoms with Gasteiger partial charge in [0.25, 0.3) is 6.13 Å². The summed E-state index contributed by atoms with van der Waals surface area (Å²) in [6.45, 7) is 9.21. The van der Waals surface area contributed by atoms with E-state index in [9.17, 15) is 0 Å². The van der Waals surface area contributed by atoms with E-state index in [4.69, 9.17) is 11.5 Å². The van der Waals surface area contributed by atoms with E-state index < -0.39 is 0 Å². The van der Waals surface area contributed by atoms with Gasteiger partial charge in [-0.25, -0.2) is 0 Å². The Balaban J connectivity index is 1.75.